The average molecular weight is 817 g/mol. The van der Waals surface area contributed by atoms with Gasteiger partial charge in [0.15, 0.2) is 0 Å². The highest BCUT2D eigenvalue weighted by Crippen LogP contribution is 2.57. The molecule has 0 aromatic heterocycles. The van der Waals surface area contributed by atoms with Crippen molar-refractivity contribution in [2.24, 2.45) is 0 Å². The highest BCUT2D eigenvalue weighted by molar-refractivity contribution is 6.35. The van der Waals surface area contributed by atoms with Gasteiger partial charge < -0.3 is 18.6 Å². The van der Waals surface area contributed by atoms with E-state index in [1.165, 1.54) is 21.5 Å². The highest BCUT2D eigenvalue weighted by atomic mass is 16.3. The molecule has 12 aromatic rings. The first-order chi connectivity index (χ1) is 31.8. The van der Waals surface area contributed by atoms with Gasteiger partial charge in [-0.1, -0.05) is 158 Å². The van der Waals surface area contributed by atoms with Gasteiger partial charge in [0.1, 0.15) is 22.3 Å². The molecule has 64 heavy (non-hydrogen) atoms. The van der Waals surface area contributed by atoms with Gasteiger partial charge in [-0.05, 0) is 71.4 Å². The summed E-state index contributed by atoms with van der Waals surface area (Å²) in [6, 6.07) is 78.2. The molecule has 0 N–H and O–H groups in total. The summed E-state index contributed by atoms with van der Waals surface area (Å²) in [5.74, 6) is 0. The second kappa shape index (κ2) is 13.4. The van der Waals surface area contributed by atoms with Crippen LogP contribution in [0.5, 0.6) is 0 Å². The Bertz CT molecular complexity index is 3810. The van der Waals surface area contributed by atoms with Gasteiger partial charge in [0.05, 0.1) is 22.7 Å². The van der Waals surface area contributed by atoms with Gasteiger partial charge in [-0.3, -0.25) is 0 Å². The van der Waals surface area contributed by atoms with E-state index in [9.17, 15) is 0 Å². The maximum absolute atomic E-state index is 7.32. The largest absolute Gasteiger partial charge is 0.455 e. The summed E-state index contributed by atoms with van der Waals surface area (Å²) in [5, 5.41) is 13.3. The van der Waals surface area contributed by atoms with Crippen LogP contribution in [0.15, 0.2) is 227 Å². The fourth-order valence-corrected chi connectivity index (χ4v) is 10.7. The molecule has 0 atom stereocenters. The second-order valence-electron chi connectivity index (χ2n) is 16.7. The number of hydrogen-bond acceptors (Lipinski definition) is 4. The molecule has 298 valence electrons. The van der Waals surface area contributed by atoms with Gasteiger partial charge in [-0.25, -0.2) is 0 Å². The lowest BCUT2D eigenvalue weighted by molar-refractivity contribution is 0.650. The topological polar surface area (TPSA) is 32.8 Å². The summed E-state index contributed by atoms with van der Waals surface area (Å²) in [7, 11) is 0. The van der Waals surface area contributed by atoms with Crippen molar-refractivity contribution in [2.45, 2.75) is 0 Å². The Balaban J connectivity index is 1.15. The number of para-hydroxylation sites is 2. The lowest BCUT2D eigenvalue weighted by Gasteiger charge is -2.32. The third kappa shape index (κ3) is 4.88. The molecule has 0 bridgehead atoms. The summed E-state index contributed by atoms with van der Waals surface area (Å²) in [5.41, 5.74) is 12.0. The third-order valence-electron chi connectivity index (χ3n) is 13.3. The van der Waals surface area contributed by atoms with Crippen LogP contribution < -0.4 is 9.80 Å². The van der Waals surface area contributed by atoms with Crippen molar-refractivity contribution in [1.29, 1.82) is 0 Å². The van der Waals surface area contributed by atoms with E-state index >= 15 is 0 Å². The minimum absolute atomic E-state index is 0.822. The minimum Gasteiger partial charge on any atom is -0.455 e. The number of anilines is 6. The molecule has 0 saturated carbocycles. The third-order valence-corrected chi connectivity index (χ3v) is 13.3. The maximum atomic E-state index is 7.32. The van der Waals surface area contributed by atoms with Gasteiger partial charge >= 0.3 is 0 Å². The van der Waals surface area contributed by atoms with E-state index in [0.29, 0.717) is 0 Å². The fourth-order valence-electron chi connectivity index (χ4n) is 10.7. The zero-order valence-electron chi connectivity index (χ0n) is 34.5. The monoisotopic (exact) mass is 816 g/mol. The van der Waals surface area contributed by atoms with Crippen LogP contribution in [0.4, 0.5) is 34.1 Å². The van der Waals surface area contributed by atoms with Crippen molar-refractivity contribution >= 4 is 121 Å². The predicted molar refractivity (Wildman–Crippen MR) is 268 cm³/mol. The van der Waals surface area contributed by atoms with Crippen molar-refractivity contribution in [3.05, 3.63) is 218 Å². The van der Waals surface area contributed by atoms with Crippen LogP contribution in [-0.4, -0.2) is 0 Å². The standard InChI is InChI=1S/C60H36N2O2/c1-3-21-39(22-4-1)61(49-31-15-19-37-17-7-9-25-41(37)49)57-43-27-11-13-29-45(43)59-53-47(57)33-35-51-55(53)56-52(63-59)36-34-48-54(56)60(64-51)46-30-14-12-28-44(46)58(48)62(40-23-5-2-6-24-40)50-32-16-20-38-18-8-10-26-42(38)50/h1-36H. The van der Waals surface area contributed by atoms with Gasteiger partial charge in [-0.2, -0.15) is 0 Å². The van der Waals surface area contributed by atoms with Crippen molar-refractivity contribution in [2.75, 3.05) is 9.80 Å². The Hall–Kier alpha value is -8.60. The van der Waals surface area contributed by atoms with Crippen LogP contribution in [0, 0.1) is 0 Å². The lowest BCUT2D eigenvalue weighted by Crippen LogP contribution is -2.13. The van der Waals surface area contributed by atoms with Crippen molar-refractivity contribution in [1.82, 2.24) is 0 Å². The molecule has 0 fully saturated rings. The minimum atomic E-state index is 0.822. The quantitative estimate of drug-likeness (QED) is 0.124. The van der Waals surface area contributed by atoms with E-state index in [2.05, 4.69) is 228 Å². The first kappa shape index (κ1) is 35.0. The molecule has 0 aliphatic carbocycles. The molecule has 4 heteroatoms. The van der Waals surface area contributed by atoms with E-state index in [0.717, 1.165) is 111 Å². The lowest BCUT2D eigenvalue weighted by atomic mass is 9.86. The van der Waals surface area contributed by atoms with E-state index in [1.54, 1.807) is 0 Å². The molecule has 2 aliphatic rings. The van der Waals surface area contributed by atoms with Crippen LogP contribution in [0.1, 0.15) is 0 Å². The van der Waals surface area contributed by atoms with Gasteiger partial charge in [0.25, 0.3) is 0 Å². The smallest absolute Gasteiger partial charge is 0.144 e. The summed E-state index contributed by atoms with van der Waals surface area (Å²) in [4.78, 5) is 4.88. The van der Waals surface area contributed by atoms with E-state index < -0.39 is 0 Å². The molecule has 12 aromatic carbocycles. The Morgan fingerprint density at radius 3 is 1.06 bits per heavy atom. The number of rotatable bonds is 6. The molecule has 0 amide bonds. The highest BCUT2D eigenvalue weighted by Gasteiger charge is 2.32. The Morgan fingerprint density at radius 1 is 0.266 bits per heavy atom. The van der Waals surface area contributed by atoms with Crippen LogP contribution in [0.25, 0.3) is 98.1 Å². The predicted octanol–water partition coefficient (Wildman–Crippen LogP) is 17.6. The first-order valence-corrected chi connectivity index (χ1v) is 21.8. The zero-order chi connectivity index (χ0) is 41.9. The van der Waals surface area contributed by atoms with E-state index in [1.807, 2.05) is 0 Å². The maximum Gasteiger partial charge on any atom is 0.144 e. The molecular weight excluding hydrogens is 781 g/mol. The summed E-state index contributed by atoms with van der Waals surface area (Å²) in [6.45, 7) is 0. The fraction of sp³-hybridized carbons (Fsp3) is 0. The number of nitrogens with zero attached hydrogens (tertiary/aromatic N) is 2. The van der Waals surface area contributed by atoms with Crippen LogP contribution >= 0.6 is 0 Å². The number of benzene rings is 12. The Labute approximate surface area is 367 Å². The average Bonchev–Trinajstić information content (AvgIpc) is 3.36. The molecule has 0 unspecified atom stereocenters. The van der Waals surface area contributed by atoms with Gasteiger partial charge in [0, 0.05) is 76.4 Å². The summed E-state index contributed by atoms with van der Waals surface area (Å²) in [6.07, 6.45) is 0. The SMILES string of the molecule is c1ccc(N(c2cccc3ccccc23)c2c3ccccc3c3oc4ccc5c(N(c6ccccc6)c6cccc7ccccc67)c6ccccc6c6oc7ccc2c3c7-c4c56)cc1. The summed E-state index contributed by atoms with van der Waals surface area (Å²) < 4.78 is 14.6. The molecule has 4 nitrogen and oxygen atoms in total. The van der Waals surface area contributed by atoms with E-state index in [-0.39, 0.29) is 0 Å². The zero-order valence-corrected chi connectivity index (χ0v) is 34.5. The van der Waals surface area contributed by atoms with Crippen LogP contribution in [-0.2, 0) is 0 Å². The second-order valence-corrected chi connectivity index (χ2v) is 16.7. The molecule has 0 spiro atoms. The molecular formula is C60H36N2O2. The van der Waals surface area contributed by atoms with Crippen LogP contribution in [0.3, 0.4) is 0 Å². The Kier molecular flexibility index (Phi) is 7.36. The van der Waals surface area contributed by atoms with Gasteiger partial charge in [-0.15, -0.1) is 0 Å². The molecule has 0 radical (unpaired) electrons. The van der Waals surface area contributed by atoms with Crippen molar-refractivity contribution in [3.8, 4) is 11.1 Å². The first-order valence-electron chi connectivity index (χ1n) is 21.8. The molecule has 2 aliphatic heterocycles. The normalized spacial score (nSPS) is 12.1. The van der Waals surface area contributed by atoms with Gasteiger partial charge in [0.2, 0.25) is 0 Å². The van der Waals surface area contributed by atoms with E-state index in [4.69, 9.17) is 8.83 Å². The van der Waals surface area contributed by atoms with Crippen LogP contribution in [0.2, 0.25) is 0 Å². The summed E-state index contributed by atoms with van der Waals surface area (Å²) >= 11 is 0. The number of hydrogen-bond donors (Lipinski definition) is 0. The molecule has 14 rings (SSSR count). The molecule has 0 saturated heterocycles. The molecule has 2 heterocycles. The number of fused-ring (bicyclic) bond motifs is 6. The van der Waals surface area contributed by atoms with Crippen molar-refractivity contribution < 1.29 is 8.83 Å². The van der Waals surface area contributed by atoms with Crippen molar-refractivity contribution in [3.63, 3.8) is 0 Å². The Morgan fingerprint density at radius 2 is 0.625 bits per heavy atom.